The molecule has 0 aliphatic rings. The average Bonchev–Trinajstić information content (AvgIpc) is 2.27. The fourth-order valence-electron chi connectivity index (χ4n) is 1.62. The van der Waals surface area contributed by atoms with Gasteiger partial charge in [-0.15, -0.1) is 6.58 Å². The molecule has 0 saturated heterocycles. The van der Waals surface area contributed by atoms with Gasteiger partial charge in [0, 0.05) is 12.7 Å². The second-order valence-corrected chi connectivity index (χ2v) is 9.38. The lowest BCUT2D eigenvalue weighted by molar-refractivity contribution is -0.119. The van der Waals surface area contributed by atoms with Crippen LogP contribution in [-0.4, -0.2) is 27.8 Å². The van der Waals surface area contributed by atoms with E-state index in [0.717, 1.165) is 5.19 Å². The zero-order valence-corrected chi connectivity index (χ0v) is 11.9. The molecule has 0 saturated carbocycles. The Balaban J connectivity index is 2.99. The summed E-state index contributed by atoms with van der Waals surface area (Å²) in [5.41, 5.74) is 2.52. The highest BCUT2D eigenvalue weighted by atomic mass is 28.3. The molecule has 0 bridgehead atoms. The van der Waals surface area contributed by atoms with Crippen LogP contribution in [0.4, 0.5) is 18.9 Å². The van der Waals surface area contributed by atoms with E-state index in [-0.39, 0.29) is 0 Å². The lowest BCUT2D eigenvalue weighted by Gasteiger charge is -2.24. The Morgan fingerprint density at radius 2 is 1.94 bits per heavy atom. The Morgan fingerprint density at radius 3 is 2.44 bits per heavy atom. The van der Waals surface area contributed by atoms with Crippen molar-refractivity contribution in [3.63, 3.8) is 0 Å². The summed E-state index contributed by atoms with van der Waals surface area (Å²) >= 11 is 0. The summed E-state index contributed by atoms with van der Waals surface area (Å²) in [6.45, 7) is 7.10. The van der Waals surface area contributed by atoms with Crippen LogP contribution in [0, 0.1) is 0 Å². The number of hydrogen-bond donors (Lipinski definition) is 0. The molecule has 1 aromatic carbocycles. The molecule has 0 atom stereocenters. The van der Waals surface area contributed by atoms with Gasteiger partial charge in [-0.05, 0) is 12.1 Å². The van der Waals surface area contributed by atoms with E-state index < -0.39 is 20.8 Å². The second kappa shape index (κ2) is 5.18. The topological polar surface area (TPSA) is 3.24 Å². The lowest BCUT2D eigenvalue weighted by Crippen LogP contribution is -2.40. The van der Waals surface area contributed by atoms with Crippen LogP contribution in [0.5, 0.6) is 0 Å². The molecule has 0 fully saturated rings. The third kappa shape index (κ3) is 3.91. The normalized spacial score (nSPS) is 12.3. The van der Waals surface area contributed by atoms with Crippen LogP contribution >= 0.6 is 0 Å². The zero-order valence-electron chi connectivity index (χ0n) is 10.9. The van der Waals surface area contributed by atoms with E-state index in [9.17, 15) is 13.2 Å². The highest BCUT2D eigenvalue weighted by Crippen LogP contribution is 2.20. The molecule has 0 amide bonds. The number of anilines is 1. The first kappa shape index (κ1) is 14.8. The Kier molecular flexibility index (Phi) is 4.27. The van der Waals surface area contributed by atoms with Crippen molar-refractivity contribution < 1.29 is 13.2 Å². The standard InChI is InChI=1S/C13H18F3NSi/c1-5-18(3,4)12-8-6-7-11(9-12)17(2)10-13(14,15)16/h5-9H,1,10H2,2-4H3. The fraction of sp³-hybridized carbons (Fsp3) is 0.385. The monoisotopic (exact) mass is 273 g/mol. The van der Waals surface area contributed by atoms with E-state index >= 15 is 0 Å². The van der Waals surface area contributed by atoms with Gasteiger partial charge >= 0.3 is 6.18 Å². The Morgan fingerprint density at radius 1 is 1.33 bits per heavy atom. The SMILES string of the molecule is C=C[Si](C)(C)c1cccc(N(C)CC(F)(F)F)c1. The van der Waals surface area contributed by atoms with Gasteiger partial charge in [-0.1, -0.05) is 36.1 Å². The van der Waals surface area contributed by atoms with Crippen LogP contribution in [0.1, 0.15) is 0 Å². The molecule has 1 aromatic rings. The molecule has 18 heavy (non-hydrogen) atoms. The van der Waals surface area contributed by atoms with Gasteiger partial charge in [0.05, 0.1) is 0 Å². The Hall–Kier alpha value is -1.23. The van der Waals surface area contributed by atoms with Crippen molar-refractivity contribution in [2.45, 2.75) is 19.3 Å². The Labute approximate surface area is 107 Å². The van der Waals surface area contributed by atoms with Crippen molar-refractivity contribution in [2.75, 3.05) is 18.5 Å². The fourth-order valence-corrected chi connectivity index (χ4v) is 2.90. The van der Waals surface area contributed by atoms with E-state index in [2.05, 4.69) is 19.7 Å². The first-order valence-electron chi connectivity index (χ1n) is 5.68. The summed E-state index contributed by atoms with van der Waals surface area (Å²) in [6, 6.07) is 7.29. The first-order chi connectivity index (χ1) is 8.15. The molecule has 1 rings (SSSR count). The number of nitrogens with zero attached hydrogens (tertiary/aromatic N) is 1. The second-order valence-electron chi connectivity index (χ2n) is 4.95. The maximum Gasteiger partial charge on any atom is 0.405 e. The molecule has 0 N–H and O–H groups in total. The molecule has 0 aliphatic carbocycles. The van der Waals surface area contributed by atoms with E-state index in [0.29, 0.717) is 5.69 Å². The van der Waals surface area contributed by atoms with Crippen molar-refractivity contribution in [1.29, 1.82) is 0 Å². The predicted octanol–water partition coefficient (Wildman–Crippen LogP) is 3.33. The number of hydrogen-bond acceptors (Lipinski definition) is 1. The predicted molar refractivity (Wildman–Crippen MR) is 73.1 cm³/mol. The maximum atomic E-state index is 12.3. The Bertz CT molecular complexity index is 426. The molecule has 0 aromatic heterocycles. The van der Waals surface area contributed by atoms with E-state index in [1.165, 1.54) is 11.9 Å². The molecule has 5 heteroatoms. The summed E-state index contributed by atoms with van der Waals surface area (Å²) in [7, 11) is -0.280. The zero-order chi connectivity index (χ0) is 14.0. The van der Waals surface area contributed by atoms with Gasteiger partial charge in [0.25, 0.3) is 0 Å². The molecule has 1 nitrogen and oxygen atoms in total. The summed E-state index contributed by atoms with van der Waals surface area (Å²) in [6.07, 6.45) is -4.18. The van der Waals surface area contributed by atoms with Crippen molar-refractivity contribution in [3.8, 4) is 0 Å². The van der Waals surface area contributed by atoms with Gasteiger partial charge < -0.3 is 4.90 Å². The van der Waals surface area contributed by atoms with Crippen LogP contribution in [0.3, 0.4) is 0 Å². The van der Waals surface area contributed by atoms with E-state index in [4.69, 9.17) is 0 Å². The maximum absolute atomic E-state index is 12.3. The molecular formula is C13H18F3NSi. The third-order valence-electron chi connectivity index (χ3n) is 2.96. The molecule has 0 unspecified atom stereocenters. The molecule has 0 aliphatic heterocycles. The van der Waals surface area contributed by atoms with Crippen LogP contribution in [0.15, 0.2) is 36.5 Å². The lowest BCUT2D eigenvalue weighted by atomic mass is 10.3. The van der Waals surface area contributed by atoms with Crippen molar-refractivity contribution in [1.82, 2.24) is 0 Å². The molecule has 0 spiro atoms. The van der Waals surface area contributed by atoms with Crippen molar-refractivity contribution in [3.05, 3.63) is 36.5 Å². The van der Waals surface area contributed by atoms with Gasteiger partial charge in [0.2, 0.25) is 0 Å². The van der Waals surface area contributed by atoms with Gasteiger partial charge in [-0.2, -0.15) is 13.2 Å². The quantitative estimate of drug-likeness (QED) is 0.761. The van der Waals surface area contributed by atoms with E-state index in [1.807, 2.05) is 17.8 Å². The number of rotatable bonds is 4. The summed E-state index contributed by atoms with van der Waals surface area (Å²) < 4.78 is 37.0. The van der Waals surface area contributed by atoms with Gasteiger partial charge in [0.15, 0.2) is 0 Å². The summed E-state index contributed by atoms with van der Waals surface area (Å²) in [5, 5.41) is 1.09. The minimum Gasteiger partial charge on any atom is -0.366 e. The van der Waals surface area contributed by atoms with Crippen LogP contribution in [0.2, 0.25) is 13.1 Å². The minimum atomic E-state index is -4.18. The number of halogens is 3. The molecule has 0 heterocycles. The van der Waals surface area contributed by atoms with Crippen molar-refractivity contribution >= 4 is 18.9 Å². The van der Waals surface area contributed by atoms with Crippen LogP contribution in [-0.2, 0) is 0 Å². The van der Waals surface area contributed by atoms with Crippen molar-refractivity contribution in [2.24, 2.45) is 0 Å². The van der Waals surface area contributed by atoms with Gasteiger partial charge in [-0.3, -0.25) is 0 Å². The van der Waals surface area contributed by atoms with Crippen LogP contribution < -0.4 is 10.1 Å². The highest BCUT2D eigenvalue weighted by molar-refractivity contribution is 6.93. The molecule has 100 valence electrons. The largest absolute Gasteiger partial charge is 0.405 e. The number of alkyl halides is 3. The summed E-state index contributed by atoms with van der Waals surface area (Å²) in [4.78, 5) is 1.22. The third-order valence-corrected chi connectivity index (χ3v) is 5.78. The minimum absolute atomic E-state index is 0.590. The first-order valence-corrected chi connectivity index (χ1v) is 8.75. The summed E-state index contributed by atoms with van der Waals surface area (Å²) in [5.74, 6) is 0. The van der Waals surface area contributed by atoms with Gasteiger partial charge in [0.1, 0.15) is 14.6 Å². The smallest absolute Gasteiger partial charge is 0.366 e. The average molecular weight is 273 g/mol. The molecule has 0 radical (unpaired) electrons. The highest BCUT2D eigenvalue weighted by Gasteiger charge is 2.29. The number of benzene rings is 1. The van der Waals surface area contributed by atoms with Gasteiger partial charge in [-0.25, -0.2) is 0 Å². The van der Waals surface area contributed by atoms with E-state index in [1.54, 1.807) is 12.1 Å². The van der Waals surface area contributed by atoms with Crippen LogP contribution in [0.25, 0.3) is 0 Å². The molecular weight excluding hydrogens is 255 g/mol.